The van der Waals surface area contributed by atoms with Gasteiger partial charge in [-0.3, -0.25) is 0 Å². The van der Waals surface area contributed by atoms with Gasteiger partial charge in [-0.25, -0.2) is 8.42 Å². The molecule has 0 bridgehead atoms. The quantitative estimate of drug-likeness (QED) is 0.765. The Hall–Kier alpha value is -0.0900. The molecule has 3 nitrogen and oxygen atoms in total. The van der Waals surface area contributed by atoms with Gasteiger partial charge in [0.25, 0.3) is 0 Å². The van der Waals surface area contributed by atoms with Gasteiger partial charge in [0.15, 0.2) is 9.84 Å². The van der Waals surface area contributed by atoms with Crippen molar-refractivity contribution in [2.75, 3.05) is 18.1 Å². The van der Waals surface area contributed by atoms with Gasteiger partial charge in [0, 0.05) is 12.6 Å². The van der Waals surface area contributed by atoms with Crippen molar-refractivity contribution < 1.29 is 8.42 Å². The molecule has 1 rings (SSSR count). The highest BCUT2D eigenvalue weighted by atomic mass is 32.2. The molecular formula is C13H27NO2S. The van der Waals surface area contributed by atoms with Gasteiger partial charge in [0.2, 0.25) is 0 Å². The summed E-state index contributed by atoms with van der Waals surface area (Å²) in [4.78, 5) is 0. The third-order valence-corrected chi connectivity index (χ3v) is 5.14. The van der Waals surface area contributed by atoms with Crippen LogP contribution in [0.2, 0.25) is 0 Å². The van der Waals surface area contributed by atoms with Crippen molar-refractivity contribution in [3.63, 3.8) is 0 Å². The minimum absolute atomic E-state index is 0.302. The lowest BCUT2D eigenvalue weighted by atomic mass is 9.96. The molecule has 1 aliphatic carbocycles. The second-order valence-corrected chi connectivity index (χ2v) is 7.93. The van der Waals surface area contributed by atoms with E-state index in [1.54, 1.807) is 0 Å². The lowest BCUT2D eigenvalue weighted by Gasteiger charge is -2.22. The summed E-state index contributed by atoms with van der Waals surface area (Å²) in [6, 6.07) is 0.559. The highest BCUT2D eigenvalue weighted by molar-refractivity contribution is 7.91. The molecule has 0 aromatic rings. The first-order valence-corrected chi connectivity index (χ1v) is 8.75. The summed E-state index contributed by atoms with van der Waals surface area (Å²) in [5, 5.41) is 3.39. The van der Waals surface area contributed by atoms with Crippen LogP contribution in [0, 0.1) is 5.92 Å². The molecule has 0 heterocycles. The van der Waals surface area contributed by atoms with E-state index in [9.17, 15) is 8.42 Å². The van der Waals surface area contributed by atoms with Gasteiger partial charge in [-0.05, 0) is 25.2 Å². The Bertz CT molecular complexity index is 293. The summed E-state index contributed by atoms with van der Waals surface area (Å²) in [6.45, 7) is 4.76. The van der Waals surface area contributed by atoms with E-state index in [4.69, 9.17) is 0 Å². The highest BCUT2D eigenvalue weighted by Crippen LogP contribution is 2.17. The zero-order valence-electron chi connectivity index (χ0n) is 11.2. The molecule has 0 aromatic heterocycles. The summed E-state index contributed by atoms with van der Waals surface area (Å²) in [7, 11) is -2.84. The first kappa shape index (κ1) is 15.0. The molecule has 4 heteroatoms. The van der Waals surface area contributed by atoms with Crippen LogP contribution in [0.4, 0.5) is 0 Å². The average molecular weight is 261 g/mol. The van der Waals surface area contributed by atoms with Crippen LogP contribution in [0.1, 0.15) is 52.4 Å². The van der Waals surface area contributed by atoms with Crippen LogP contribution in [0.15, 0.2) is 0 Å². The van der Waals surface area contributed by atoms with Crippen molar-refractivity contribution in [2.24, 2.45) is 5.92 Å². The SMILES string of the molecule is CC(C)CCS(=O)(=O)CCNC1CCCCC1. The van der Waals surface area contributed by atoms with E-state index in [1.807, 2.05) is 0 Å². The predicted octanol–water partition coefficient (Wildman–Crippen LogP) is 2.37. The number of hydrogen-bond donors (Lipinski definition) is 1. The van der Waals surface area contributed by atoms with Crippen molar-refractivity contribution in [1.82, 2.24) is 5.32 Å². The smallest absolute Gasteiger partial charge is 0.151 e. The summed E-state index contributed by atoms with van der Waals surface area (Å²) in [5.41, 5.74) is 0. The normalized spacial score (nSPS) is 18.8. The van der Waals surface area contributed by atoms with Crippen molar-refractivity contribution in [3.05, 3.63) is 0 Å². The average Bonchev–Trinajstić information content (AvgIpc) is 2.28. The lowest BCUT2D eigenvalue weighted by molar-refractivity contribution is 0.380. The Morgan fingerprint density at radius 2 is 1.76 bits per heavy atom. The van der Waals surface area contributed by atoms with Crippen LogP contribution in [0.3, 0.4) is 0 Å². The van der Waals surface area contributed by atoms with Gasteiger partial charge in [-0.15, -0.1) is 0 Å². The molecule has 0 unspecified atom stereocenters. The van der Waals surface area contributed by atoms with E-state index in [2.05, 4.69) is 19.2 Å². The maximum Gasteiger partial charge on any atom is 0.151 e. The maximum atomic E-state index is 11.7. The van der Waals surface area contributed by atoms with Gasteiger partial charge in [0.05, 0.1) is 11.5 Å². The van der Waals surface area contributed by atoms with Crippen molar-refractivity contribution in [1.29, 1.82) is 0 Å². The number of hydrogen-bond acceptors (Lipinski definition) is 3. The molecular weight excluding hydrogens is 234 g/mol. The summed E-state index contributed by atoms with van der Waals surface area (Å²) in [6.07, 6.45) is 7.13. The van der Waals surface area contributed by atoms with Gasteiger partial charge in [-0.1, -0.05) is 33.1 Å². The van der Waals surface area contributed by atoms with E-state index >= 15 is 0 Å². The molecule has 1 aliphatic rings. The molecule has 1 saturated carbocycles. The van der Waals surface area contributed by atoms with E-state index in [-0.39, 0.29) is 0 Å². The Balaban J connectivity index is 2.15. The predicted molar refractivity (Wildman–Crippen MR) is 73.0 cm³/mol. The van der Waals surface area contributed by atoms with E-state index in [0.717, 1.165) is 6.42 Å². The zero-order chi connectivity index (χ0) is 12.7. The monoisotopic (exact) mass is 261 g/mol. The Morgan fingerprint density at radius 3 is 2.35 bits per heavy atom. The van der Waals surface area contributed by atoms with Gasteiger partial charge in [-0.2, -0.15) is 0 Å². The second kappa shape index (κ2) is 7.37. The van der Waals surface area contributed by atoms with Crippen LogP contribution in [-0.4, -0.2) is 32.5 Å². The van der Waals surface area contributed by atoms with E-state index < -0.39 is 9.84 Å². The first-order chi connectivity index (χ1) is 7.99. The van der Waals surface area contributed by atoms with Crippen LogP contribution >= 0.6 is 0 Å². The zero-order valence-corrected chi connectivity index (χ0v) is 12.1. The Kier molecular flexibility index (Phi) is 6.49. The van der Waals surface area contributed by atoms with E-state index in [1.165, 1.54) is 32.1 Å². The Labute approximate surface area is 106 Å². The van der Waals surface area contributed by atoms with Crippen molar-refractivity contribution >= 4 is 9.84 Å². The molecule has 0 radical (unpaired) electrons. The fourth-order valence-corrected chi connectivity index (χ4v) is 3.71. The topological polar surface area (TPSA) is 46.2 Å². The van der Waals surface area contributed by atoms with Crippen LogP contribution in [-0.2, 0) is 9.84 Å². The van der Waals surface area contributed by atoms with Crippen molar-refractivity contribution in [2.45, 2.75) is 58.4 Å². The third-order valence-electron chi connectivity index (χ3n) is 3.46. The molecule has 102 valence electrons. The molecule has 0 aromatic carbocycles. The fraction of sp³-hybridized carbons (Fsp3) is 1.00. The summed E-state index contributed by atoms with van der Waals surface area (Å²) in [5.74, 6) is 1.11. The number of nitrogens with one attached hydrogen (secondary N) is 1. The maximum absolute atomic E-state index is 11.7. The van der Waals surface area contributed by atoms with Gasteiger partial charge >= 0.3 is 0 Å². The molecule has 1 fully saturated rings. The summed E-state index contributed by atoms with van der Waals surface area (Å²) < 4.78 is 23.5. The number of rotatable bonds is 7. The molecule has 0 amide bonds. The molecule has 1 N–H and O–H groups in total. The van der Waals surface area contributed by atoms with Gasteiger partial charge < -0.3 is 5.32 Å². The van der Waals surface area contributed by atoms with Crippen LogP contribution in [0.5, 0.6) is 0 Å². The van der Waals surface area contributed by atoms with Crippen LogP contribution in [0.25, 0.3) is 0 Å². The standard InChI is InChI=1S/C13H27NO2S/c1-12(2)8-10-17(15,16)11-9-14-13-6-4-3-5-7-13/h12-14H,3-11H2,1-2H3. The number of sulfone groups is 1. The Morgan fingerprint density at radius 1 is 1.12 bits per heavy atom. The largest absolute Gasteiger partial charge is 0.313 e. The first-order valence-electron chi connectivity index (χ1n) is 6.93. The minimum Gasteiger partial charge on any atom is -0.313 e. The fourth-order valence-electron chi connectivity index (χ4n) is 2.24. The molecule has 0 aliphatic heterocycles. The molecule has 17 heavy (non-hydrogen) atoms. The minimum atomic E-state index is -2.84. The lowest BCUT2D eigenvalue weighted by Crippen LogP contribution is -2.35. The third kappa shape index (κ3) is 7.04. The second-order valence-electron chi connectivity index (χ2n) is 5.62. The molecule has 0 saturated heterocycles. The highest BCUT2D eigenvalue weighted by Gasteiger charge is 2.15. The van der Waals surface area contributed by atoms with Crippen molar-refractivity contribution in [3.8, 4) is 0 Å². The van der Waals surface area contributed by atoms with E-state index in [0.29, 0.717) is 30.0 Å². The molecule has 0 spiro atoms. The van der Waals surface area contributed by atoms with Gasteiger partial charge in [0.1, 0.15) is 0 Å². The summed E-state index contributed by atoms with van der Waals surface area (Å²) >= 11 is 0. The van der Waals surface area contributed by atoms with Crippen LogP contribution < -0.4 is 5.32 Å². The molecule has 0 atom stereocenters.